The molecule has 1 aromatic heterocycles. The van der Waals surface area contributed by atoms with Crippen LogP contribution in [0.5, 0.6) is 5.75 Å². The largest absolute Gasteiger partial charge is 0.495 e. The molecule has 5 nitrogen and oxygen atoms in total. The van der Waals surface area contributed by atoms with Crippen LogP contribution in [-0.2, 0) is 11.2 Å². The Morgan fingerprint density at radius 3 is 2.74 bits per heavy atom. The summed E-state index contributed by atoms with van der Waals surface area (Å²) in [6.07, 6.45) is 0.114. The first-order valence-corrected chi connectivity index (χ1v) is 8.12. The third-order valence-corrected chi connectivity index (χ3v) is 4.31. The van der Waals surface area contributed by atoms with Crippen LogP contribution in [0.25, 0.3) is 10.1 Å². The lowest BCUT2D eigenvalue weighted by Gasteiger charge is -2.19. The van der Waals surface area contributed by atoms with Crippen molar-refractivity contribution in [2.45, 2.75) is 32.8 Å². The molecule has 0 fully saturated rings. The molecule has 0 radical (unpaired) electrons. The van der Waals surface area contributed by atoms with Crippen molar-refractivity contribution in [3.05, 3.63) is 28.6 Å². The first kappa shape index (κ1) is 17.1. The lowest BCUT2D eigenvalue weighted by molar-refractivity contribution is 0.0528. The Bertz CT molecular complexity index is 754. The van der Waals surface area contributed by atoms with Crippen LogP contribution in [0.2, 0.25) is 0 Å². The van der Waals surface area contributed by atoms with Gasteiger partial charge in [0, 0.05) is 11.9 Å². The Kier molecular flexibility index (Phi) is 5.12. The molecular formula is C17H20N2O3S. The van der Waals surface area contributed by atoms with Gasteiger partial charge in [-0.15, -0.1) is 11.3 Å². The predicted molar refractivity (Wildman–Crippen MR) is 91.0 cm³/mol. The molecule has 0 aliphatic rings. The number of hydrogen-bond donors (Lipinski definition) is 1. The quantitative estimate of drug-likeness (QED) is 0.923. The summed E-state index contributed by atoms with van der Waals surface area (Å²) in [5.74, 6) is 0.760. The van der Waals surface area contributed by atoms with Gasteiger partial charge in [-0.1, -0.05) is 12.1 Å². The average Bonchev–Trinajstić information content (AvgIpc) is 2.83. The van der Waals surface area contributed by atoms with E-state index in [1.807, 2.05) is 39.0 Å². The summed E-state index contributed by atoms with van der Waals surface area (Å²) in [6, 6.07) is 7.98. The summed E-state index contributed by atoms with van der Waals surface area (Å²) in [7, 11) is 1.62. The van der Waals surface area contributed by atoms with E-state index in [0.29, 0.717) is 17.8 Å². The van der Waals surface area contributed by atoms with Crippen molar-refractivity contribution in [3.63, 3.8) is 0 Å². The van der Waals surface area contributed by atoms with Crippen molar-refractivity contribution in [1.29, 1.82) is 5.26 Å². The molecule has 6 heteroatoms. The minimum absolute atomic E-state index is 0.409. The second-order valence-corrected chi connectivity index (χ2v) is 7.06. The van der Waals surface area contributed by atoms with Gasteiger partial charge in [0.1, 0.15) is 22.3 Å². The Morgan fingerprint density at radius 1 is 1.39 bits per heavy atom. The zero-order chi connectivity index (χ0) is 17.0. The van der Waals surface area contributed by atoms with Gasteiger partial charge in [-0.2, -0.15) is 5.26 Å². The van der Waals surface area contributed by atoms with Crippen LogP contribution in [-0.4, -0.2) is 25.3 Å². The number of benzene rings is 1. The monoisotopic (exact) mass is 332 g/mol. The van der Waals surface area contributed by atoms with Crippen molar-refractivity contribution in [2.75, 3.05) is 13.7 Å². The fourth-order valence-corrected chi connectivity index (χ4v) is 3.39. The van der Waals surface area contributed by atoms with Gasteiger partial charge in [-0.3, -0.25) is 0 Å². The van der Waals surface area contributed by atoms with Crippen molar-refractivity contribution in [3.8, 4) is 11.8 Å². The smallest absolute Gasteiger partial charge is 0.407 e. The molecule has 2 aromatic rings. The van der Waals surface area contributed by atoms with E-state index in [2.05, 4.69) is 11.4 Å². The summed E-state index contributed by atoms with van der Waals surface area (Å²) in [6.45, 7) is 5.86. The number of carbonyl (C=O) groups is 1. The second kappa shape index (κ2) is 6.88. The summed E-state index contributed by atoms with van der Waals surface area (Å²) in [4.78, 5) is 12.3. The summed E-state index contributed by atoms with van der Waals surface area (Å²) >= 11 is 1.41. The minimum Gasteiger partial charge on any atom is -0.495 e. The van der Waals surface area contributed by atoms with E-state index in [1.165, 1.54) is 11.3 Å². The van der Waals surface area contributed by atoms with E-state index < -0.39 is 11.7 Å². The Hall–Kier alpha value is -2.26. The van der Waals surface area contributed by atoms with Gasteiger partial charge >= 0.3 is 6.09 Å². The molecule has 0 bridgehead atoms. The number of rotatable bonds is 4. The number of carbonyl (C=O) groups excluding carboxylic acids is 1. The first-order chi connectivity index (χ1) is 10.9. The van der Waals surface area contributed by atoms with E-state index in [4.69, 9.17) is 9.47 Å². The zero-order valence-corrected chi connectivity index (χ0v) is 14.5. The molecule has 1 aromatic carbocycles. The number of nitrogens with one attached hydrogen (secondary N) is 1. The van der Waals surface area contributed by atoms with Crippen LogP contribution in [0.15, 0.2) is 18.2 Å². The Morgan fingerprint density at radius 2 is 2.13 bits per heavy atom. The highest BCUT2D eigenvalue weighted by atomic mass is 32.1. The summed E-state index contributed by atoms with van der Waals surface area (Å²) < 4.78 is 11.5. The number of fused-ring (bicyclic) bond motifs is 1. The molecule has 0 saturated heterocycles. The van der Waals surface area contributed by atoms with Crippen LogP contribution in [0.4, 0.5) is 4.79 Å². The fourth-order valence-electron chi connectivity index (χ4n) is 2.25. The van der Waals surface area contributed by atoms with Gasteiger partial charge in [-0.25, -0.2) is 4.79 Å². The maximum Gasteiger partial charge on any atom is 0.407 e. The molecule has 2 rings (SSSR count). The zero-order valence-electron chi connectivity index (χ0n) is 13.7. The van der Waals surface area contributed by atoms with Crippen LogP contribution in [0.1, 0.15) is 31.2 Å². The topological polar surface area (TPSA) is 71.3 Å². The number of ether oxygens (including phenoxy) is 2. The Labute approximate surface area is 139 Å². The maximum atomic E-state index is 11.7. The molecule has 0 unspecified atom stereocenters. The lowest BCUT2D eigenvalue weighted by Crippen LogP contribution is -2.33. The van der Waals surface area contributed by atoms with Crippen LogP contribution >= 0.6 is 11.3 Å². The first-order valence-electron chi connectivity index (χ1n) is 7.31. The Balaban J connectivity index is 2.14. The fraction of sp³-hybridized carbons (Fsp3) is 0.412. The third-order valence-electron chi connectivity index (χ3n) is 3.15. The maximum absolute atomic E-state index is 11.7. The summed E-state index contributed by atoms with van der Waals surface area (Å²) in [5, 5.41) is 13.1. The predicted octanol–water partition coefficient (Wildman–Crippen LogP) is 3.85. The molecule has 0 atom stereocenters. The van der Waals surface area contributed by atoms with Gasteiger partial charge in [-0.05, 0) is 38.8 Å². The number of nitrogens with zero attached hydrogens (tertiary/aromatic N) is 1. The minimum atomic E-state index is -0.523. The number of methoxy groups -OCH3 is 1. The van der Waals surface area contributed by atoms with E-state index in [9.17, 15) is 10.1 Å². The molecule has 1 N–H and O–H groups in total. The third kappa shape index (κ3) is 4.14. The van der Waals surface area contributed by atoms with Gasteiger partial charge in [0.15, 0.2) is 0 Å². The van der Waals surface area contributed by atoms with Gasteiger partial charge in [0.2, 0.25) is 0 Å². The molecule has 0 aliphatic carbocycles. The van der Waals surface area contributed by atoms with Crippen LogP contribution in [0.3, 0.4) is 0 Å². The highest BCUT2D eigenvalue weighted by Gasteiger charge is 2.17. The number of hydrogen-bond acceptors (Lipinski definition) is 5. The number of nitriles is 1. The molecule has 0 spiro atoms. The van der Waals surface area contributed by atoms with E-state index >= 15 is 0 Å². The van der Waals surface area contributed by atoms with Crippen LogP contribution < -0.4 is 10.1 Å². The van der Waals surface area contributed by atoms with Gasteiger partial charge in [0.05, 0.1) is 11.8 Å². The van der Waals surface area contributed by atoms with Crippen molar-refractivity contribution in [2.24, 2.45) is 0 Å². The lowest BCUT2D eigenvalue weighted by atomic mass is 10.1. The second-order valence-electron chi connectivity index (χ2n) is 6.04. The highest BCUT2D eigenvalue weighted by molar-refractivity contribution is 7.20. The average molecular weight is 332 g/mol. The van der Waals surface area contributed by atoms with Crippen molar-refractivity contribution < 1.29 is 14.3 Å². The number of alkyl carbamates (subject to hydrolysis) is 1. The molecular weight excluding hydrogens is 312 g/mol. The van der Waals surface area contributed by atoms with Crippen molar-refractivity contribution in [1.82, 2.24) is 5.32 Å². The number of amides is 1. The number of thiophene rings is 1. The normalized spacial score (nSPS) is 11.1. The standard InChI is InChI=1S/C17H20N2O3S/c1-17(2,3)22-16(20)19-9-8-11-12-6-5-7-13(21-4)15(12)23-14(11)10-18/h5-7H,8-9H2,1-4H3,(H,19,20). The summed E-state index contributed by atoms with van der Waals surface area (Å²) in [5.41, 5.74) is 0.409. The molecule has 1 amide bonds. The molecule has 23 heavy (non-hydrogen) atoms. The molecule has 0 aliphatic heterocycles. The van der Waals surface area contributed by atoms with Crippen molar-refractivity contribution >= 4 is 27.5 Å². The van der Waals surface area contributed by atoms with Gasteiger partial charge in [0.25, 0.3) is 0 Å². The van der Waals surface area contributed by atoms with Gasteiger partial charge < -0.3 is 14.8 Å². The van der Waals surface area contributed by atoms with E-state index in [0.717, 1.165) is 21.4 Å². The van der Waals surface area contributed by atoms with Crippen LogP contribution in [0, 0.1) is 11.3 Å². The molecule has 0 saturated carbocycles. The van der Waals surface area contributed by atoms with E-state index in [1.54, 1.807) is 7.11 Å². The highest BCUT2D eigenvalue weighted by Crippen LogP contribution is 2.37. The van der Waals surface area contributed by atoms with E-state index in [-0.39, 0.29) is 0 Å². The molecule has 1 heterocycles. The molecule has 122 valence electrons. The SMILES string of the molecule is COc1cccc2c(CCNC(=O)OC(C)(C)C)c(C#N)sc12.